The van der Waals surface area contributed by atoms with Crippen LogP contribution in [0.3, 0.4) is 0 Å². The molecule has 0 saturated carbocycles. The van der Waals surface area contributed by atoms with Crippen LogP contribution in [0.1, 0.15) is 45.6 Å². The highest BCUT2D eigenvalue weighted by molar-refractivity contribution is 6.01. The SMILES string of the molecule is CCCCNc1nc(N)c2c(n1)N(CCCN1CCN(CC(C)C)CC1)C(=O)C2. The standard InChI is InChI=1S/C21H37N7O/c1-4-5-7-23-21-24-19(22)17-14-18(29)28(20(17)25-21)9-6-8-26-10-12-27(13-11-26)15-16(2)3/h16H,4-15H2,1-3H3,(H3,22,23,24,25). The highest BCUT2D eigenvalue weighted by Crippen LogP contribution is 2.31. The maximum absolute atomic E-state index is 12.5. The van der Waals surface area contributed by atoms with E-state index < -0.39 is 0 Å². The fraction of sp³-hybridized carbons (Fsp3) is 0.762. The number of carbonyl (C=O) groups excluding carboxylic acids is 1. The van der Waals surface area contributed by atoms with Crippen LogP contribution >= 0.6 is 0 Å². The first-order valence-electron chi connectivity index (χ1n) is 11.1. The van der Waals surface area contributed by atoms with Gasteiger partial charge in [0.05, 0.1) is 6.42 Å². The largest absolute Gasteiger partial charge is 0.383 e. The van der Waals surface area contributed by atoms with Gasteiger partial charge in [-0.15, -0.1) is 0 Å². The Morgan fingerprint density at radius 3 is 2.48 bits per heavy atom. The number of nitrogens with one attached hydrogen (secondary N) is 1. The molecule has 8 heteroatoms. The molecule has 1 fully saturated rings. The van der Waals surface area contributed by atoms with Crippen LogP contribution < -0.4 is 16.0 Å². The molecule has 1 aromatic rings. The Morgan fingerprint density at radius 1 is 1.07 bits per heavy atom. The average molecular weight is 404 g/mol. The van der Waals surface area contributed by atoms with Crippen LogP contribution in [0.25, 0.3) is 0 Å². The van der Waals surface area contributed by atoms with Crippen LogP contribution in [-0.4, -0.2) is 78.0 Å². The molecule has 0 unspecified atom stereocenters. The Hall–Kier alpha value is -1.93. The number of aromatic nitrogens is 2. The molecule has 3 N–H and O–H groups in total. The number of nitrogen functional groups attached to an aromatic ring is 1. The molecule has 8 nitrogen and oxygen atoms in total. The minimum atomic E-state index is 0.0773. The molecule has 3 rings (SSSR count). The Morgan fingerprint density at radius 2 is 1.79 bits per heavy atom. The van der Waals surface area contributed by atoms with Crippen molar-refractivity contribution in [1.82, 2.24) is 19.8 Å². The van der Waals surface area contributed by atoms with Crippen LogP contribution in [0.2, 0.25) is 0 Å². The third kappa shape index (κ3) is 5.79. The van der Waals surface area contributed by atoms with Crippen LogP contribution in [0.15, 0.2) is 0 Å². The molecular formula is C21H37N7O. The smallest absolute Gasteiger partial charge is 0.232 e. The second kappa shape index (κ2) is 10.2. The molecule has 2 aliphatic rings. The van der Waals surface area contributed by atoms with Gasteiger partial charge in [-0.2, -0.15) is 9.97 Å². The van der Waals surface area contributed by atoms with Crippen molar-refractivity contribution in [2.24, 2.45) is 5.92 Å². The third-order valence-electron chi connectivity index (χ3n) is 5.66. The monoisotopic (exact) mass is 403 g/mol. The summed E-state index contributed by atoms with van der Waals surface area (Å²) in [6.45, 7) is 14.9. The third-order valence-corrected chi connectivity index (χ3v) is 5.66. The minimum absolute atomic E-state index is 0.0773. The van der Waals surface area contributed by atoms with Gasteiger partial charge in [0.2, 0.25) is 11.9 Å². The fourth-order valence-corrected chi connectivity index (χ4v) is 4.10. The van der Waals surface area contributed by atoms with E-state index >= 15 is 0 Å². The summed E-state index contributed by atoms with van der Waals surface area (Å²) in [6.07, 6.45) is 3.40. The van der Waals surface area contributed by atoms with Crippen molar-refractivity contribution in [2.45, 2.75) is 46.5 Å². The Bertz CT molecular complexity index is 686. The lowest BCUT2D eigenvalue weighted by Gasteiger charge is -2.35. The quantitative estimate of drug-likeness (QED) is 0.576. The molecule has 1 aromatic heterocycles. The summed E-state index contributed by atoms with van der Waals surface area (Å²) in [4.78, 5) is 28.3. The Labute approximate surface area is 174 Å². The van der Waals surface area contributed by atoms with Gasteiger partial charge in [0.1, 0.15) is 11.6 Å². The minimum Gasteiger partial charge on any atom is -0.383 e. The molecule has 2 aliphatic heterocycles. The molecule has 1 amide bonds. The zero-order chi connectivity index (χ0) is 20.8. The predicted octanol–water partition coefficient (Wildman–Crippen LogP) is 1.82. The zero-order valence-electron chi connectivity index (χ0n) is 18.3. The molecule has 3 heterocycles. The van der Waals surface area contributed by atoms with Crippen LogP contribution in [0.5, 0.6) is 0 Å². The lowest BCUT2D eigenvalue weighted by molar-refractivity contribution is -0.117. The summed E-state index contributed by atoms with van der Waals surface area (Å²) >= 11 is 0. The second-order valence-corrected chi connectivity index (χ2v) is 8.63. The van der Waals surface area contributed by atoms with E-state index in [2.05, 4.69) is 45.9 Å². The number of hydrogen-bond donors (Lipinski definition) is 2. The van der Waals surface area contributed by atoms with Gasteiger partial charge in [0.25, 0.3) is 0 Å². The van der Waals surface area contributed by atoms with Crippen LogP contribution in [0.4, 0.5) is 17.6 Å². The maximum atomic E-state index is 12.5. The molecule has 0 bridgehead atoms. The number of amides is 1. The van der Waals surface area contributed by atoms with E-state index in [0.717, 1.165) is 70.0 Å². The summed E-state index contributed by atoms with van der Waals surface area (Å²) in [5.74, 6) is 2.44. The van der Waals surface area contributed by atoms with Gasteiger partial charge >= 0.3 is 0 Å². The number of nitrogens with two attached hydrogens (primary N) is 1. The molecule has 162 valence electrons. The van der Waals surface area contributed by atoms with Crippen molar-refractivity contribution >= 4 is 23.5 Å². The first-order chi connectivity index (χ1) is 14.0. The molecule has 0 spiro atoms. The Balaban J connectivity index is 1.51. The highest BCUT2D eigenvalue weighted by atomic mass is 16.2. The van der Waals surface area contributed by atoms with E-state index in [1.165, 1.54) is 6.54 Å². The number of anilines is 3. The first kappa shape index (κ1) is 21.8. The molecular weight excluding hydrogens is 366 g/mol. The zero-order valence-corrected chi connectivity index (χ0v) is 18.3. The van der Waals surface area contributed by atoms with Crippen LogP contribution in [-0.2, 0) is 11.2 Å². The van der Waals surface area contributed by atoms with E-state index in [1.807, 2.05) is 0 Å². The van der Waals surface area contributed by atoms with Crippen molar-refractivity contribution in [1.29, 1.82) is 0 Å². The summed E-state index contributed by atoms with van der Waals surface area (Å²) in [7, 11) is 0. The van der Waals surface area contributed by atoms with Crippen LogP contribution in [0, 0.1) is 5.92 Å². The van der Waals surface area contributed by atoms with E-state index in [-0.39, 0.29) is 5.91 Å². The summed E-state index contributed by atoms with van der Waals surface area (Å²) < 4.78 is 0. The summed E-state index contributed by atoms with van der Waals surface area (Å²) in [5, 5.41) is 3.22. The molecule has 0 radical (unpaired) electrons. The first-order valence-corrected chi connectivity index (χ1v) is 11.1. The number of rotatable bonds is 10. The Kier molecular flexibility index (Phi) is 7.66. The van der Waals surface area contributed by atoms with E-state index in [1.54, 1.807) is 4.90 Å². The number of hydrogen-bond acceptors (Lipinski definition) is 7. The molecule has 1 saturated heterocycles. The topological polar surface area (TPSA) is 90.6 Å². The van der Waals surface area contributed by atoms with E-state index in [4.69, 9.17) is 5.73 Å². The van der Waals surface area contributed by atoms with Crippen molar-refractivity contribution in [2.75, 3.05) is 68.3 Å². The van der Waals surface area contributed by atoms with Crippen molar-refractivity contribution < 1.29 is 4.79 Å². The number of piperazine rings is 1. The van der Waals surface area contributed by atoms with Crippen molar-refractivity contribution in [3.8, 4) is 0 Å². The van der Waals surface area contributed by atoms with Gasteiger partial charge in [-0.25, -0.2) is 0 Å². The number of nitrogens with zero attached hydrogens (tertiary/aromatic N) is 5. The number of fused-ring (bicyclic) bond motifs is 1. The second-order valence-electron chi connectivity index (χ2n) is 8.63. The van der Waals surface area contributed by atoms with E-state index in [9.17, 15) is 4.79 Å². The fourth-order valence-electron chi connectivity index (χ4n) is 4.10. The maximum Gasteiger partial charge on any atom is 0.232 e. The summed E-state index contributed by atoms with van der Waals surface area (Å²) in [6, 6.07) is 0. The van der Waals surface area contributed by atoms with Gasteiger partial charge in [0.15, 0.2) is 0 Å². The van der Waals surface area contributed by atoms with Crippen molar-refractivity contribution in [3.63, 3.8) is 0 Å². The van der Waals surface area contributed by atoms with Gasteiger partial charge < -0.3 is 20.9 Å². The number of carbonyl (C=O) groups is 1. The highest BCUT2D eigenvalue weighted by Gasteiger charge is 2.31. The lowest BCUT2D eigenvalue weighted by atomic mass is 10.2. The normalized spacial score (nSPS) is 17.9. The average Bonchev–Trinajstić information content (AvgIpc) is 2.99. The number of unbranched alkanes of at least 4 members (excludes halogenated alkanes) is 1. The molecule has 0 aliphatic carbocycles. The van der Waals surface area contributed by atoms with Gasteiger partial charge in [-0.05, 0) is 25.3 Å². The molecule has 0 aromatic carbocycles. The van der Waals surface area contributed by atoms with Gasteiger partial charge in [-0.3, -0.25) is 9.69 Å². The van der Waals surface area contributed by atoms with Gasteiger partial charge in [-0.1, -0.05) is 27.2 Å². The van der Waals surface area contributed by atoms with Gasteiger partial charge in [0, 0.05) is 51.4 Å². The molecule has 0 atom stereocenters. The molecule has 29 heavy (non-hydrogen) atoms. The predicted molar refractivity (Wildman–Crippen MR) is 118 cm³/mol. The summed E-state index contributed by atoms with van der Waals surface area (Å²) in [5.41, 5.74) is 6.89. The lowest BCUT2D eigenvalue weighted by Crippen LogP contribution is -2.47. The van der Waals surface area contributed by atoms with E-state index in [0.29, 0.717) is 30.5 Å². The van der Waals surface area contributed by atoms with Crippen molar-refractivity contribution in [3.05, 3.63) is 5.56 Å².